The molecule has 1 heterocycles. The van der Waals surface area contributed by atoms with Crippen molar-refractivity contribution in [3.63, 3.8) is 0 Å². The lowest BCUT2D eigenvalue weighted by atomic mass is 9.93. The number of hydrogen-bond donors (Lipinski definition) is 1. The highest BCUT2D eigenvalue weighted by molar-refractivity contribution is 5.19. The Bertz CT molecular complexity index is 387. The molecule has 1 fully saturated rings. The molecule has 4 heteroatoms. The first-order chi connectivity index (χ1) is 9.22. The summed E-state index contributed by atoms with van der Waals surface area (Å²) in [6.45, 7) is 3.09. The molecule has 1 aromatic rings. The Hall–Kier alpha value is -1.29. The molecule has 1 aliphatic carbocycles. The summed E-state index contributed by atoms with van der Waals surface area (Å²) in [6.07, 6.45) is 7.06. The van der Waals surface area contributed by atoms with E-state index in [1.54, 1.807) is 0 Å². The van der Waals surface area contributed by atoms with E-state index in [9.17, 15) is 0 Å². The van der Waals surface area contributed by atoms with Crippen molar-refractivity contribution in [3.8, 4) is 11.8 Å². The van der Waals surface area contributed by atoms with E-state index < -0.39 is 0 Å². The van der Waals surface area contributed by atoms with E-state index in [-0.39, 0.29) is 5.54 Å². The van der Waals surface area contributed by atoms with Gasteiger partial charge in [-0.3, -0.25) is 0 Å². The molecule has 106 valence electrons. The van der Waals surface area contributed by atoms with E-state index in [2.05, 4.69) is 4.98 Å². The van der Waals surface area contributed by atoms with Crippen LogP contribution in [-0.2, 0) is 0 Å². The van der Waals surface area contributed by atoms with Gasteiger partial charge in [-0.25, -0.2) is 0 Å². The number of nitrogens with zero attached hydrogens (tertiary/aromatic N) is 1. The highest BCUT2D eigenvalue weighted by Gasteiger charge is 2.27. The van der Waals surface area contributed by atoms with E-state index >= 15 is 0 Å². The van der Waals surface area contributed by atoms with Crippen LogP contribution in [0.1, 0.15) is 45.4 Å². The van der Waals surface area contributed by atoms with E-state index in [1.165, 1.54) is 25.7 Å². The summed E-state index contributed by atoms with van der Waals surface area (Å²) in [5.74, 6) is 1.20. The Kier molecular flexibility index (Phi) is 5.02. The Morgan fingerprint density at radius 3 is 2.37 bits per heavy atom. The van der Waals surface area contributed by atoms with Crippen LogP contribution in [0, 0.1) is 0 Å². The number of aromatic nitrogens is 1. The van der Waals surface area contributed by atoms with Gasteiger partial charge in [0.1, 0.15) is 6.61 Å². The van der Waals surface area contributed by atoms with Crippen molar-refractivity contribution in [2.45, 2.75) is 51.0 Å². The minimum Gasteiger partial charge on any atom is -0.478 e. The molecule has 1 aromatic heterocycles. The zero-order chi connectivity index (χ0) is 13.6. The molecule has 0 aliphatic heterocycles. The van der Waals surface area contributed by atoms with Crippen molar-refractivity contribution >= 4 is 0 Å². The smallest absolute Gasteiger partial charge is 0.216 e. The third-order valence-electron chi connectivity index (χ3n) is 3.60. The molecule has 0 bridgehead atoms. The van der Waals surface area contributed by atoms with E-state index in [0.717, 1.165) is 12.8 Å². The summed E-state index contributed by atoms with van der Waals surface area (Å²) in [5.41, 5.74) is 6.22. The predicted molar refractivity (Wildman–Crippen MR) is 75.5 cm³/mol. The fourth-order valence-corrected chi connectivity index (χ4v) is 2.50. The normalized spacial score (nSPS) is 18.6. The molecule has 1 saturated carbocycles. The third-order valence-corrected chi connectivity index (χ3v) is 3.60. The van der Waals surface area contributed by atoms with Crippen molar-refractivity contribution in [3.05, 3.63) is 18.2 Å². The van der Waals surface area contributed by atoms with Gasteiger partial charge in [0.25, 0.3) is 0 Å². The summed E-state index contributed by atoms with van der Waals surface area (Å²) < 4.78 is 11.1. The Morgan fingerprint density at radius 2 is 1.74 bits per heavy atom. The summed E-state index contributed by atoms with van der Waals surface area (Å²) in [4.78, 5) is 4.30. The lowest BCUT2D eigenvalue weighted by Gasteiger charge is -2.27. The fraction of sp³-hybridized carbons (Fsp3) is 0.667. The van der Waals surface area contributed by atoms with Crippen LogP contribution in [0.5, 0.6) is 11.8 Å². The largest absolute Gasteiger partial charge is 0.478 e. The van der Waals surface area contributed by atoms with E-state index in [4.69, 9.17) is 15.2 Å². The highest BCUT2D eigenvalue weighted by Crippen LogP contribution is 2.26. The van der Waals surface area contributed by atoms with Crippen LogP contribution in [0.3, 0.4) is 0 Å². The fourth-order valence-electron chi connectivity index (χ4n) is 2.50. The zero-order valence-corrected chi connectivity index (χ0v) is 11.7. The van der Waals surface area contributed by atoms with Gasteiger partial charge in [-0.1, -0.05) is 31.7 Å². The first-order valence-corrected chi connectivity index (χ1v) is 7.23. The standard InChI is InChI=1S/C15H24N2O2/c1-2-18-13-8-7-9-14(17-13)19-12-15(16)10-5-3-4-6-11-15/h7-9H,2-6,10-12,16H2,1H3. The Morgan fingerprint density at radius 1 is 1.11 bits per heavy atom. The van der Waals surface area contributed by atoms with Gasteiger partial charge in [-0.2, -0.15) is 4.98 Å². The van der Waals surface area contributed by atoms with Gasteiger partial charge in [0.2, 0.25) is 11.8 Å². The van der Waals surface area contributed by atoms with Crippen LogP contribution >= 0.6 is 0 Å². The van der Waals surface area contributed by atoms with Crippen LogP contribution in [-0.4, -0.2) is 23.7 Å². The van der Waals surface area contributed by atoms with Crippen molar-refractivity contribution in [1.29, 1.82) is 0 Å². The molecule has 0 aromatic carbocycles. The first kappa shape index (κ1) is 14.1. The molecule has 0 atom stereocenters. The zero-order valence-electron chi connectivity index (χ0n) is 11.7. The monoisotopic (exact) mass is 264 g/mol. The van der Waals surface area contributed by atoms with Gasteiger partial charge < -0.3 is 15.2 Å². The highest BCUT2D eigenvalue weighted by atomic mass is 16.5. The SMILES string of the molecule is CCOc1cccc(OCC2(N)CCCCCC2)n1. The maximum absolute atomic E-state index is 6.42. The second kappa shape index (κ2) is 6.75. The summed E-state index contributed by atoms with van der Waals surface area (Å²) in [7, 11) is 0. The average molecular weight is 264 g/mol. The topological polar surface area (TPSA) is 57.4 Å². The molecular weight excluding hydrogens is 240 g/mol. The lowest BCUT2D eigenvalue weighted by Crippen LogP contribution is -2.45. The van der Waals surface area contributed by atoms with Crippen LogP contribution in [0.15, 0.2) is 18.2 Å². The Labute approximate surface area is 115 Å². The number of rotatable bonds is 5. The van der Waals surface area contributed by atoms with Crippen LogP contribution in [0.2, 0.25) is 0 Å². The maximum Gasteiger partial charge on any atom is 0.216 e. The summed E-state index contributed by atoms with van der Waals surface area (Å²) in [6, 6.07) is 5.58. The average Bonchev–Trinajstić information content (AvgIpc) is 2.63. The Balaban J connectivity index is 1.91. The van der Waals surface area contributed by atoms with Gasteiger partial charge in [0.15, 0.2) is 0 Å². The molecule has 0 unspecified atom stereocenters. The number of hydrogen-bond acceptors (Lipinski definition) is 4. The molecule has 0 saturated heterocycles. The van der Waals surface area contributed by atoms with Crippen molar-refractivity contribution < 1.29 is 9.47 Å². The summed E-state index contributed by atoms with van der Waals surface area (Å²) >= 11 is 0. The van der Waals surface area contributed by atoms with Gasteiger partial charge >= 0.3 is 0 Å². The second-order valence-corrected chi connectivity index (χ2v) is 5.31. The van der Waals surface area contributed by atoms with Crippen molar-refractivity contribution in [1.82, 2.24) is 4.98 Å². The molecule has 2 N–H and O–H groups in total. The van der Waals surface area contributed by atoms with Crippen LogP contribution in [0.4, 0.5) is 0 Å². The first-order valence-electron chi connectivity index (χ1n) is 7.23. The predicted octanol–water partition coefficient (Wildman–Crippen LogP) is 2.91. The molecule has 0 amide bonds. The maximum atomic E-state index is 6.42. The minimum absolute atomic E-state index is 0.195. The number of nitrogens with two attached hydrogens (primary N) is 1. The second-order valence-electron chi connectivity index (χ2n) is 5.31. The van der Waals surface area contributed by atoms with E-state index in [1.807, 2.05) is 25.1 Å². The van der Waals surface area contributed by atoms with Gasteiger partial charge in [0.05, 0.1) is 12.1 Å². The van der Waals surface area contributed by atoms with Crippen LogP contribution in [0.25, 0.3) is 0 Å². The van der Waals surface area contributed by atoms with Crippen LogP contribution < -0.4 is 15.2 Å². The molecule has 4 nitrogen and oxygen atoms in total. The number of ether oxygens (including phenoxy) is 2. The summed E-state index contributed by atoms with van der Waals surface area (Å²) in [5, 5.41) is 0. The van der Waals surface area contributed by atoms with Crippen molar-refractivity contribution in [2.75, 3.05) is 13.2 Å². The molecule has 19 heavy (non-hydrogen) atoms. The lowest BCUT2D eigenvalue weighted by molar-refractivity contribution is 0.191. The number of pyridine rings is 1. The molecule has 0 radical (unpaired) electrons. The van der Waals surface area contributed by atoms with E-state index in [0.29, 0.717) is 25.0 Å². The molecular formula is C15H24N2O2. The van der Waals surface area contributed by atoms with Gasteiger partial charge in [-0.15, -0.1) is 0 Å². The minimum atomic E-state index is -0.195. The van der Waals surface area contributed by atoms with Gasteiger partial charge in [0, 0.05) is 12.1 Å². The molecule has 0 spiro atoms. The molecule has 2 rings (SSSR count). The quantitative estimate of drug-likeness (QED) is 0.831. The third kappa shape index (κ3) is 4.39. The van der Waals surface area contributed by atoms with Crippen molar-refractivity contribution in [2.24, 2.45) is 5.73 Å². The van der Waals surface area contributed by atoms with Gasteiger partial charge in [-0.05, 0) is 19.8 Å². The molecule has 1 aliphatic rings.